The molecule has 0 amide bonds. The minimum atomic E-state index is -3.66. The van der Waals surface area contributed by atoms with E-state index in [2.05, 4.69) is 0 Å². The van der Waals surface area contributed by atoms with E-state index in [-0.39, 0.29) is 15.3 Å². The number of hydrogen-bond acceptors (Lipinski definition) is 3. The van der Waals surface area contributed by atoms with Crippen LogP contribution in [0.1, 0.15) is 19.8 Å². The zero-order valence-electron chi connectivity index (χ0n) is 11.5. The molecular formula is C13H16Cl2N2O2S2. The van der Waals surface area contributed by atoms with Gasteiger partial charge in [0.1, 0.15) is 4.90 Å². The van der Waals surface area contributed by atoms with E-state index in [0.717, 1.165) is 0 Å². The van der Waals surface area contributed by atoms with Gasteiger partial charge in [0.2, 0.25) is 10.0 Å². The first-order valence-electron chi connectivity index (χ1n) is 6.42. The predicted molar refractivity (Wildman–Crippen MR) is 89.3 cm³/mol. The maximum atomic E-state index is 12.7. The maximum Gasteiger partial charge on any atom is 0.244 e. The van der Waals surface area contributed by atoms with E-state index in [4.69, 9.17) is 41.2 Å². The molecule has 0 saturated carbocycles. The van der Waals surface area contributed by atoms with Crippen molar-refractivity contribution in [2.75, 3.05) is 13.1 Å². The summed E-state index contributed by atoms with van der Waals surface area (Å²) in [7, 11) is -3.66. The van der Waals surface area contributed by atoms with Crippen LogP contribution in [0.25, 0.3) is 0 Å². The normalized spacial score (nSPS) is 19.4. The summed E-state index contributed by atoms with van der Waals surface area (Å²) in [5, 5.41) is 0.505. The first kappa shape index (κ1) is 17.0. The van der Waals surface area contributed by atoms with Crippen LogP contribution in [-0.4, -0.2) is 30.8 Å². The zero-order valence-corrected chi connectivity index (χ0v) is 14.6. The fraction of sp³-hybridized carbons (Fsp3) is 0.462. The Labute approximate surface area is 140 Å². The molecule has 0 bridgehead atoms. The summed E-state index contributed by atoms with van der Waals surface area (Å²) in [6.45, 7) is 2.68. The predicted octanol–water partition coefficient (Wildman–Crippen LogP) is 3.07. The lowest BCUT2D eigenvalue weighted by molar-refractivity contribution is 0.244. The van der Waals surface area contributed by atoms with Crippen molar-refractivity contribution in [2.45, 2.75) is 24.7 Å². The van der Waals surface area contributed by atoms with Gasteiger partial charge in [0.05, 0.1) is 10.0 Å². The van der Waals surface area contributed by atoms with Gasteiger partial charge in [-0.15, -0.1) is 0 Å². The van der Waals surface area contributed by atoms with Gasteiger partial charge >= 0.3 is 0 Å². The van der Waals surface area contributed by atoms with Crippen molar-refractivity contribution in [1.82, 2.24) is 4.31 Å². The Balaban J connectivity index is 2.27. The molecule has 0 radical (unpaired) electrons. The van der Waals surface area contributed by atoms with Crippen LogP contribution < -0.4 is 5.73 Å². The molecule has 1 saturated heterocycles. The van der Waals surface area contributed by atoms with Gasteiger partial charge < -0.3 is 5.73 Å². The number of nitrogens with zero attached hydrogens (tertiary/aromatic N) is 1. The highest BCUT2D eigenvalue weighted by Crippen LogP contribution is 2.35. The number of hydrogen-bond donors (Lipinski definition) is 1. The van der Waals surface area contributed by atoms with Crippen molar-refractivity contribution in [3.63, 3.8) is 0 Å². The number of halogens is 2. The Morgan fingerprint density at radius 3 is 2.43 bits per heavy atom. The molecule has 21 heavy (non-hydrogen) atoms. The van der Waals surface area contributed by atoms with Crippen molar-refractivity contribution in [2.24, 2.45) is 11.1 Å². The Kier molecular flexibility index (Phi) is 4.85. The number of thiocarbonyl (C=S) groups is 1. The third kappa shape index (κ3) is 3.35. The molecule has 1 aliphatic heterocycles. The van der Waals surface area contributed by atoms with Crippen LogP contribution in [0.5, 0.6) is 0 Å². The van der Waals surface area contributed by atoms with Gasteiger partial charge in [0, 0.05) is 23.5 Å². The fourth-order valence-electron chi connectivity index (χ4n) is 2.28. The Bertz CT molecular complexity index is 669. The van der Waals surface area contributed by atoms with Gasteiger partial charge in [-0.1, -0.05) is 42.3 Å². The second-order valence-corrected chi connectivity index (χ2v) is 8.59. The Morgan fingerprint density at radius 2 is 1.90 bits per heavy atom. The van der Waals surface area contributed by atoms with Crippen LogP contribution in [0.4, 0.5) is 0 Å². The van der Waals surface area contributed by atoms with Crippen molar-refractivity contribution in [3.8, 4) is 0 Å². The van der Waals surface area contributed by atoms with Crippen LogP contribution in [0.3, 0.4) is 0 Å². The number of rotatable bonds is 3. The van der Waals surface area contributed by atoms with Crippen LogP contribution in [0.15, 0.2) is 23.1 Å². The lowest BCUT2D eigenvalue weighted by atomic mass is 9.81. The topological polar surface area (TPSA) is 63.4 Å². The van der Waals surface area contributed by atoms with Crippen molar-refractivity contribution < 1.29 is 8.42 Å². The van der Waals surface area contributed by atoms with Crippen LogP contribution in [0, 0.1) is 5.41 Å². The highest BCUT2D eigenvalue weighted by atomic mass is 35.5. The molecular weight excluding hydrogens is 351 g/mol. The molecule has 1 aromatic rings. The molecule has 0 unspecified atom stereocenters. The van der Waals surface area contributed by atoms with Gasteiger partial charge in [0.15, 0.2) is 0 Å². The van der Waals surface area contributed by atoms with Gasteiger partial charge in [-0.05, 0) is 31.0 Å². The van der Waals surface area contributed by atoms with E-state index in [1.54, 1.807) is 6.07 Å². The third-order valence-corrected chi connectivity index (χ3v) is 7.04. The summed E-state index contributed by atoms with van der Waals surface area (Å²) >= 11 is 16.9. The summed E-state index contributed by atoms with van der Waals surface area (Å²) < 4.78 is 26.7. The highest BCUT2D eigenvalue weighted by Gasteiger charge is 2.37. The average molecular weight is 367 g/mol. The van der Waals surface area contributed by atoms with Crippen LogP contribution >= 0.6 is 35.4 Å². The van der Waals surface area contributed by atoms with Gasteiger partial charge in [-0.2, -0.15) is 4.31 Å². The van der Waals surface area contributed by atoms with E-state index in [1.807, 2.05) is 6.92 Å². The largest absolute Gasteiger partial charge is 0.393 e. The second kappa shape index (κ2) is 6.01. The lowest BCUT2D eigenvalue weighted by Crippen LogP contribution is -2.46. The van der Waals surface area contributed by atoms with Crippen molar-refractivity contribution in [1.29, 1.82) is 0 Å². The molecule has 116 valence electrons. The lowest BCUT2D eigenvalue weighted by Gasteiger charge is -2.38. The quantitative estimate of drug-likeness (QED) is 0.834. The summed E-state index contributed by atoms with van der Waals surface area (Å²) in [6.07, 6.45) is 1.19. The van der Waals surface area contributed by atoms with Crippen molar-refractivity contribution >= 4 is 50.4 Å². The smallest absolute Gasteiger partial charge is 0.244 e. The summed E-state index contributed by atoms with van der Waals surface area (Å²) in [4.78, 5) is 0.468. The van der Waals surface area contributed by atoms with Crippen LogP contribution in [0.2, 0.25) is 10.0 Å². The van der Waals surface area contributed by atoms with Gasteiger partial charge in [-0.3, -0.25) is 0 Å². The summed E-state index contributed by atoms with van der Waals surface area (Å²) in [6, 6.07) is 4.42. The molecule has 1 aromatic carbocycles. The van der Waals surface area contributed by atoms with Crippen molar-refractivity contribution in [3.05, 3.63) is 28.2 Å². The third-order valence-electron chi connectivity index (χ3n) is 3.93. The molecule has 2 rings (SSSR count). The Morgan fingerprint density at radius 1 is 1.33 bits per heavy atom. The summed E-state index contributed by atoms with van der Waals surface area (Å²) in [5.41, 5.74) is 5.44. The highest BCUT2D eigenvalue weighted by molar-refractivity contribution is 7.89. The number of nitrogens with two attached hydrogens (primary N) is 1. The van der Waals surface area contributed by atoms with E-state index < -0.39 is 10.0 Å². The molecule has 2 N–H and O–H groups in total. The molecule has 0 aromatic heterocycles. The minimum Gasteiger partial charge on any atom is -0.393 e. The fourth-order valence-corrected chi connectivity index (χ4v) is 4.66. The number of piperidine rings is 1. The number of benzene rings is 1. The average Bonchev–Trinajstić information content (AvgIpc) is 2.41. The molecule has 8 heteroatoms. The first-order valence-corrected chi connectivity index (χ1v) is 9.02. The van der Waals surface area contributed by atoms with E-state index >= 15 is 0 Å². The van der Waals surface area contributed by atoms with Gasteiger partial charge in [0.25, 0.3) is 0 Å². The van der Waals surface area contributed by atoms with Crippen LogP contribution in [-0.2, 0) is 10.0 Å². The molecule has 0 atom stereocenters. The molecule has 1 fully saturated rings. The standard InChI is InChI=1S/C13H16Cl2N2O2S2/c1-13(12(16)20)4-6-17(7-5-13)21(18,19)11-8-9(14)2-3-10(11)15/h2-3,8H,4-7H2,1H3,(H2,16,20). The zero-order chi connectivity index (χ0) is 15.8. The van der Waals surface area contributed by atoms with Gasteiger partial charge in [-0.25, -0.2) is 8.42 Å². The van der Waals surface area contributed by atoms with E-state index in [1.165, 1.54) is 16.4 Å². The summed E-state index contributed by atoms with van der Waals surface area (Å²) in [5.74, 6) is 0. The minimum absolute atomic E-state index is 0.0376. The maximum absolute atomic E-state index is 12.7. The molecule has 1 aliphatic rings. The molecule has 4 nitrogen and oxygen atoms in total. The molecule has 0 spiro atoms. The molecule has 1 heterocycles. The number of sulfonamides is 1. The first-order chi connectivity index (χ1) is 9.67. The SMILES string of the molecule is CC1(C(N)=S)CCN(S(=O)(=O)c2cc(Cl)ccc2Cl)CC1. The second-order valence-electron chi connectivity index (χ2n) is 5.40. The molecule has 0 aliphatic carbocycles. The Hall–Kier alpha value is -0.400. The van der Waals surface area contributed by atoms with E-state index in [0.29, 0.717) is 35.9 Å². The monoisotopic (exact) mass is 366 g/mol. The van der Waals surface area contributed by atoms with E-state index in [9.17, 15) is 8.42 Å².